The molecule has 120 valence electrons. The first-order valence-corrected chi connectivity index (χ1v) is 7.41. The SMILES string of the molecule is CCc1ccc(-c2ccc([C@@H](OC)[C@@H](CF)N=[N+]=[N-])cc2)cn1. The van der Waals surface area contributed by atoms with E-state index in [0.29, 0.717) is 0 Å². The summed E-state index contributed by atoms with van der Waals surface area (Å²) in [5.74, 6) is 0. The van der Waals surface area contributed by atoms with Gasteiger partial charge in [-0.15, -0.1) is 0 Å². The van der Waals surface area contributed by atoms with Gasteiger partial charge in [-0.25, -0.2) is 0 Å². The van der Waals surface area contributed by atoms with E-state index in [9.17, 15) is 4.39 Å². The molecule has 1 heterocycles. The van der Waals surface area contributed by atoms with E-state index in [1.54, 1.807) is 0 Å². The fourth-order valence-electron chi connectivity index (χ4n) is 2.42. The molecule has 1 aromatic carbocycles. The Labute approximate surface area is 134 Å². The number of alkyl halides is 1. The first-order valence-electron chi connectivity index (χ1n) is 7.41. The van der Waals surface area contributed by atoms with Crippen LogP contribution in [-0.2, 0) is 11.2 Å². The van der Waals surface area contributed by atoms with Gasteiger partial charge in [0, 0.05) is 29.5 Å². The van der Waals surface area contributed by atoms with Gasteiger partial charge in [-0.1, -0.05) is 42.4 Å². The van der Waals surface area contributed by atoms with Gasteiger partial charge >= 0.3 is 0 Å². The van der Waals surface area contributed by atoms with Crippen LogP contribution in [0, 0.1) is 0 Å². The molecule has 0 aliphatic carbocycles. The van der Waals surface area contributed by atoms with Crippen molar-refractivity contribution in [2.75, 3.05) is 13.8 Å². The highest BCUT2D eigenvalue weighted by Crippen LogP contribution is 2.27. The number of aryl methyl sites for hydroxylation is 1. The van der Waals surface area contributed by atoms with Crippen LogP contribution >= 0.6 is 0 Å². The molecule has 0 fully saturated rings. The summed E-state index contributed by atoms with van der Waals surface area (Å²) in [6.45, 7) is 1.29. The van der Waals surface area contributed by atoms with E-state index >= 15 is 0 Å². The van der Waals surface area contributed by atoms with Gasteiger partial charge in [0.15, 0.2) is 0 Å². The quantitative estimate of drug-likeness (QED) is 0.424. The maximum atomic E-state index is 13.0. The second-order valence-electron chi connectivity index (χ2n) is 5.10. The van der Waals surface area contributed by atoms with Crippen LogP contribution in [0.2, 0.25) is 0 Å². The number of hydrogen-bond donors (Lipinski definition) is 0. The highest BCUT2D eigenvalue weighted by Gasteiger charge is 2.22. The zero-order valence-corrected chi connectivity index (χ0v) is 13.2. The van der Waals surface area contributed by atoms with Crippen molar-refractivity contribution in [2.24, 2.45) is 5.11 Å². The lowest BCUT2D eigenvalue weighted by Gasteiger charge is -2.20. The van der Waals surface area contributed by atoms with Gasteiger partial charge in [-0.2, -0.15) is 0 Å². The Balaban J connectivity index is 2.24. The lowest BCUT2D eigenvalue weighted by molar-refractivity contribution is 0.0722. The standard InChI is InChI=1S/C17H19FN4O/c1-3-15-9-8-14(11-20-15)12-4-6-13(7-5-12)17(23-2)16(10-18)21-22-19/h4-9,11,16-17H,3,10H2,1-2H3/t16-,17-/m1/s1. The second kappa shape index (κ2) is 8.27. The van der Waals surface area contributed by atoms with Crippen molar-refractivity contribution in [1.29, 1.82) is 0 Å². The number of nitrogens with zero attached hydrogens (tertiary/aromatic N) is 4. The maximum Gasteiger partial charge on any atom is 0.101 e. The van der Waals surface area contributed by atoms with Crippen molar-refractivity contribution >= 4 is 0 Å². The summed E-state index contributed by atoms with van der Waals surface area (Å²) in [6.07, 6.45) is 2.13. The van der Waals surface area contributed by atoms with Crippen LogP contribution in [0.3, 0.4) is 0 Å². The summed E-state index contributed by atoms with van der Waals surface area (Å²) < 4.78 is 18.3. The number of hydrogen-bond acceptors (Lipinski definition) is 3. The minimum absolute atomic E-state index is 0.606. The Morgan fingerprint density at radius 1 is 1.22 bits per heavy atom. The van der Waals surface area contributed by atoms with E-state index < -0.39 is 18.8 Å². The predicted octanol–water partition coefficient (Wildman–Crippen LogP) is 4.65. The Bertz CT molecular complexity index is 666. The van der Waals surface area contributed by atoms with E-state index in [-0.39, 0.29) is 0 Å². The van der Waals surface area contributed by atoms with Crippen LogP contribution in [0.1, 0.15) is 24.3 Å². The summed E-state index contributed by atoms with van der Waals surface area (Å²) in [4.78, 5) is 7.06. The first kappa shape index (κ1) is 16.9. The molecule has 0 unspecified atom stereocenters. The van der Waals surface area contributed by atoms with Crippen LogP contribution in [0.5, 0.6) is 0 Å². The molecule has 6 heteroatoms. The topological polar surface area (TPSA) is 70.9 Å². The molecule has 0 saturated heterocycles. The largest absolute Gasteiger partial charge is 0.376 e. The van der Waals surface area contributed by atoms with Crippen molar-refractivity contribution in [2.45, 2.75) is 25.5 Å². The van der Waals surface area contributed by atoms with Crippen LogP contribution in [0.15, 0.2) is 47.7 Å². The lowest BCUT2D eigenvalue weighted by Crippen LogP contribution is -2.20. The number of methoxy groups -OCH3 is 1. The van der Waals surface area contributed by atoms with E-state index in [4.69, 9.17) is 10.3 Å². The third-order valence-electron chi connectivity index (χ3n) is 3.72. The Morgan fingerprint density at radius 3 is 2.39 bits per heavy atom. The van der Waals surface area contributed by atoms with E-state index in [2.05, 4.69) is 21.9 Å². The number of ether oxygens (including phenoxy) is 1. The third-order valence-corrected chi connectivity index (χ3v) is 3.72. The summed E-state index contributed by atoms with van der Waals surface area (Å²) in [7, 11) is 1.47. The zero-order chi connectivity index (χ0) is 16.7. The normalized spacial score (nSPS) is 13.2. The van der Waals surface area contributed by atoms with E-state index in [1.807, 2.05) is 42.6 Å². The van der Waals surface area contributed by atoms with Gasteiger partial charge in [0.25, 0.3) is 0 Å². The number of rotatable bonds is 7. The highest BCUT2D eigenvalue weighted by atomic mass is 19.1. The van der Waals surface area contributed by atoms with Crippen LogP contribution in [0.25, 0.3) is 21.6 Å². The molecule has 0 aliphatic heterocycles. The fourth-order valence-corrected chi connectivity index (χ4v) is 2.42. The average Bonchev–Trinajstić information content (AvgIpc) is 2.62. The molecule has 0 amide bonds. The number of pyridine rings is 1. The van der Waals surface area contributed by atoms with Crippen molar-refractivity contribution in [1.82, 2.24) is 4.98 Å². The molecule has 2 rings (SSSR count). The molecule has 0 saturated carbocycles. The summed E-state index contributed by atoms with van der Waals surface area (Å²) >= 11 is 0. The number of azide groups is 1. The Hall–Kier alpha value is -2.43. The van der Waals surface area contributed by atoms with E-state index in [0.717, 1.165) is 28.8 Å². The van der Waals surface area contributed by atoms with Gasteiger partial charge in [-0.3, -0.25) is 9.37 Å². The minimum Gasteiger partial charge on any atom is -0.376 e. The predicted molar refractivity (Wildman–Crippen MR) is 87.7 cm³/mol. The van der Waals surface area contributed by atoms with Gasteiger partial charge < -0.3 is 4.74 Å². The van der Waals surface area contributed by atoms with Crippen LogP contribution in [0.4, 0.5) is 4.39 Å². The molecule has 23 heavy (non-hydrogen) atoms. The number of halogens is 1. The number of benzene rings is 1. The molecule has 2 atom stereocenters. The minimum atomic E-state index is -0.874. The van der Waals surface area contributed by atoms with E-state index in [1.165, 1.54) is 7.11 Å². The molecule has 0 radical (unpaired) electrons. The molecule has 1 aromatic heterocycles. The smallest absolute Gasteiger partial charge is 0.101 e. The van der Waals surface area contributed by atoms with Gasteiger partial charge in [0.1, 0.15) is 6.67 Å². The lowest BCUT2D eigenvalue weighted by atomic mass is 9.99. The molecule has 0 N–H and O–H groups in total. The third kappa shape index (κ3) is 4.06. The second-order valence-corrected chi connectivity index (χ2v) is 5.10. The summed E-state index contributed by atoms with van der Waals surface area (Å²) in [6, 6.07) is 10.7. The first-order chi connectivity index (χ1) is 11.2. The highest BCUT2D eigenvalue weighted by molar-refractivity contribution is 5.62. The zero-order valence-electron chi connectivity index (χ0n) is 13.2. The van der Waals surface area contributed by atoms with Gasteiger partial charge in [-0.05, 0) is 29.1 Å². The van der Waals surface area contributed by atoms with Gasteiger partial charge in [0.2, 0.25) is 0 Å². The monoisotopic (exact) mass is 314 g/mol. The van der Waals surface area contributed by atoms with Crippen molar-refractivity contribution in [3.63, 3.8) is 0 Å². The van der Waals surface area contributed by atoms with Crippen LogP contribution < -0.4 is 0 Å². The summed E-state index contributed by atoms with van der Waals surface area (Å²) in [5.41, 5.74) is 12.4. The maximum absolute atomic E-state index is 13.0. The molecule has 0 bridgehead atoms. The van der Waals surface area contributed by atoms with Crippen molar-refractivity contribution in [3.8, 4) is 11.1 Å². The molecular weight excluding hydrogens is 295 g/mol. The van der Waals surface area contributed by atoms with Gasteiger partial charge in [0.05, 0.1) is 12.1 Å². The molecule has 0 spiro atoms. The molecule has 5 nitrogen and oxygen atoms in total. The van der Waals surface area contributed by atoms with Crippen molar-refractivity contribution in [3.05, 3.63) is 64.3 Å². The Morgan fingerprint density at radius 2 is 1.91 bits per heavy atom. The van der Waals surface area contributed by atoms with Crippen LogP contribution in [-0.4, -0.2) is 24.8 Å². The molecule has 2 aromatic rings. The molecule has 0 aliphatic rings. The number of aromatic nitrogens is 1. The van der Waals surface area contributed by atoms with Crippen molar-refractivity contribution < 1.29 is 9.13 Å². The fraction of sp³-hybridized carbons (Fsp3) is 0.353. The summed E-state index contributed by atoms with van der Waals surface area (Å²) in [5, 5.41) is 3.46. The average molecular weight is 314 g/mol. The molecular formula is C17H19FN4O. The Kier molecular flexibility index (Phi) is 6.09.